The fourth-order valence-electron chi connectivity index (χ4n) is 3.22. The van der Waals surface area contributed by atoms with Crippen LogP contribution in [0.5, 0.6) is 0 Å². The predicted octanol–water partition coefficient (Wildman–Crippen LogP) is -2.75. The van der Waals surface area contributed by atoms with Crippen LogP contribution in [0.4, 0.5) is 11.4 Å². The molecule has 0 fully saturated rings. The van der Waals surface area contributed by atoms with Crippen molar-refractivity contribution in [2.24, 2.45) is 5.73 Å². The van der Waals surface area contributed by atoms with E-state index in [1.165, 1.54) is 11.3 Å². The Bertz CT molecular complexity index is 974. The Morgan fingerprint density at radius 3 is 2.34 bits per heavy atom. The van der Waals surface area contributed by atoms with Gasteiger partial charge in [0.25, 0.3) is 0 Å². The maximum Gasteiger partial charge on any atom is 0.246 e. The first-order chi connectivity index (χ1) is 14.3. The molecule has 0 bridgehead atoms. The molecule has 3 rings (SSSR count). The van der Waals surface area contributed by atoms with Crippen molar-refractivity contribution in [3.63, 3.8) is 0 Å². The normalized spacial score (nSPS) is 16.2. The van der Waals surface area contributed by atoms with Crippen molar-refractivity contribution in [1.29, 1.82) is 0 Å². The summed E-state index contributed by atoms with van der Waals surface area (Å²) in [4.78, 5) is 26.0. The van der Waals surface area contributed by atoms with Gasteiger partial charge in [0.05, 0.1) is 6.04 Å². The van der Waals surface area contributed by atoms with Crippen molar-refractivity contribution in [2.75, 3.05) is 17.3 Å². The highest BCUT2D eigenvalue weighted by Crippen LogP contribution is 2.33. The van der Waals surface area contributed by atoms with Gasteiger partial charge in [0, 0.05) is 30.5 Å². The lowest BCUT2D eigenvalue weighted by Crippen LogP contribution is -3.00. The number of carbonyl (C=O) groups is 2. The number of nitrogens with two attached hydrogens (primary N) is 1. The first-order valence-corrected chi connectivity index (χ1v) is 10.0. The highest BCUT2D eigenvalue weighted by atomic mass is 35.5. The Balaban J connectivity index is 0.00000256. The molecule has 0 saturated carbocycles. The van der Waals surface area contributed by atoms with Gasteiger partial charge in [0.15, 0.2) is 0 Å². The van der Waals surface area contributed by atoms with E-state index in [0.29, 0.717) is 5.69 Å². The molecule has 0 radical (unpaired) electrons. The van der Waals surface area contributed by atoms with Crippen LogP contribution in [0.1, 0.15) is 30.9 Å². The second-order valence-electron chi connectivity index (χ2n) is 7.53. The fourth-order valence-corrected chi connectivity index (χ4v) is 3.22. The Morgan fingerprint density at radius 1 is 1.03 bits per heavy atom. The highest BCUT2D eigenvalue weighted by Gasteiger charge is 2.18. The number of hydrogen-bond donors (Lipinski definition) is 3. The zero-order valence-corrected chi connectivity index (χ0v) is 19.8. The van der Waals surface area contributed by atoms with Gasteiger partial charge in [-0.3, -0.25) is 9.59 Å². The van der Waals surface area contributed by atoms with Crippen molar-refractivity contribution in [2.45, 2.75) is 31.8 Å². The molecule has 1 unspecified atom stereocenters. The van der Waals surface area contributed by atoms with E-state index in [0.717, 1.165) is 5.56 Å². The number of amides is 2. The molecule has 0 saturated heterocycles. The molecule has 6 nitrogen and oxygen atoms in total. The van der Waals surface area contributed by atoms with Crippen molar-refractivity contribution < 1.29 is 34.4 Å². The molecule has 1 heterocycles. The van der Waals surface area contributed by atoms with Gasteiger partial charge in [0.2, 0.25) is 11.8 Å². The Morgan fingerprint density at radius 2 is 1.69 bits per heavy atom. The quantitative estimate of drug-likeness (QED) is 0.423. The number of carbonyl (C=O) groups excluding carboxylic acids is 2. The third-order valence-corrected chi connectivity index (χ3v) is 5.03. The maximum absolute atomic E-state index is 12.2. The van der Waals surface area contributed by atoms with E-state index in [9.17, 15) is 9.59 Å². The van der Waals surface area contributed by atoms with Crippen LogP contribution in [0.2, 0.25) is 0 Å². The molecular formula is C24H28Cl2N4O2-2. The van der Waals surface area contributed by atoms with Gasteiger partial charge < -0.3 is 46.1 Å². The van der Waals surface area contributed by atoms with E-state index in [4.69, 9.17) is 5.73 Å². The van der Waals surface area contributed by atoms with E-state index >= 15 is 0 Å². The molecule has 0 aliphatic carbocycles. The van der Waals surface area contributed by atoms with Gasteiger partial charge in [0.1, 0.15) is 6.04 Å². The Hall–Kier alpha value is -2.80. The number of nitrogens with one attached hydrogen (secondary N) is 2. The molecule has 1 aliphatic rings. The Labute approximate surface area is 201 Å². The first-order valence-electron chi connectivity index (χ1n) is 10.0. The highest BCUT2D eigenvalue weighted by molar-refractivity contribution is 5.97. The molecule has 3 atom stereocenters. The third kappa shape index (κ3) is 6.85. The summed E-state index contributed by atoms with van der Waals surface area (Å²) >= 11 is 0. The number of benzene rings is 2. The smallest absolute Gasteiger partial charge is 0.246 e. The van der Waals surface area contributed by atoms with Crippen molar-refractivity contribution >= 4 is 29.3 Å². The minimum Gasteiger partial charge on any atom is -1.00 e. The van der Waals surface area contributed by atoms with Gasteiger partial charge in [-0.25, -0.2) is 0 Å². The molecule has 2 aromatic carbocycles. The van der Waals surface area contributed by atoms with Crippen molar-refractivity contribution in [3.05, 3.63) is 78.0 Å². The van der Waals surface area contributed by atoms with E-state index < -0.39 is 12.1 Å². The molecule has 8 heteroatoms. The summed E-state index contributed by atoms with van der Waals surface area (Å²) in [6.07, 6.45) is 8.50. The average Bonchev–Trinajstić information content (AvgIpc) is 2.74. The summed E-state index contributed by atoms with van der Waals surface area (Å²) in [5.41, 5.74) is 9.70. The number of rotatable bonds is 6. The number of anilines is 2. The summed E-state index contributed by atoms with van der Waals surface area (Å²) < 4.78 is 0. The Kier molecular flexibility index (Phi) is 10.5. The van der Waals surface area contributed by atoms with E-state index in [1.54, 1.807) is 13.8 Å². The largest absolute Gasteiger partial charge is 1.00 e. The van der Waals surface area contributed by atoms with Gasteiger partial charge in [-0.05, 0) is 43.2 Å². The number of allylic oxidation sites excluding steroid dienone is 2. The molecule has 172 valence electrons. The topological polar surface area (TPSA) is 87.5 Å². The van der Waals surface area contributed by atoms with Crippen LogP contribution in [-0.4, -0.2) is 30.9 Å². The molecule has 1 aliphatic heterocycles. The second-order valence-corrected chi connectivity index (χ2v) is 7.53. The molecule has 32 heavy (non-hydrogen) atoms. The second kappa shape index (κ2) is 12.3. The number of para-hydroxylation sites is 1. The SMILES string of the molecule is C[C@H](NC(=O)[C@@H](C)N)C(=O)Nc1ccc(/C=C/C2C=CN(C)c3ccccc32)cc1.[Cl-].[Cl-]. The molecule has 4 N–H and O–H groups in total. The standard InChI is InChI=1S/C24H28N4O2.2ClH/c1-16(25)23(29)26-17(2)24(30)27-20-12-9-18(10-13-20)8-11-19-14-15-28(3)22-7-5-4-6-21(19)22;;/h4-17,19H,25H2,1-3H3,(H,26,29)(H,27,30);2*1H/p-2/b11-8+;;/t16-,17+,19?;;/m1../s1. The monoisotopic (exact) mass is 474 g/mol. The summed E-state index contributed by atoms with van der Waals surface area (Å²) in [5.74, 6) is -0.436. The maximum atomic E-state index is 12.2. The van der Waals surface area contributed by atoms with Crippen LogP contribution in [0.3, 0.4) is 0 Å². The fraction of sp³-hybridized carbons (Fsp3) is 0.250. The van der Waals surface area contributed by atoms with Crippen LogP contribution in [0.15, 0.2) is 66.9 Å². The van der Waals surface area contributed by atoms with E-state index in [-0.39, 0.29) is 42.5 Å². The average molecular weight is 475 g/mol. The zero-order chi connectivity index (χ0) is 21.7. The van der Waals surface area contributed by atoms with Crippen LogP contribution in [0.25, 0.3) is 6.08 Å². The molecule has 0 spiro atoms. The lowest BCUT2D eigenvalue weighted by molar-refractivity contribution is -0.126. The predicted molar refractivity (Wildman–Crippen MR) is 122 cm³/mol. The number of nitrogens with zero attached hydrogens (tertiary/aromatic N) is 1. The van der Waals surface area contributed by atoms with E-state index in [1.807, 2.05) is 37.4 Å². The summed E-state index contributed by atoms with van der Waals surface area (Å²) in [6, 6.07) is 14.6. The van der Waals surface area contributed by atoms with Crippen LogP contribution in [-0.2, 0) is 9.59 Å². The van der Waals surface area contributed by atoms with Crippen molar-refractivity contribution in [3.8, 4) is 0 Å². The summed E-state index contributed by atoms with van der Waals surface area (Å²) in [7, 11) is 2.05. The van der Waals surface area contributed by atoms with Gasteiger partial charge in [-0.15, -0.1) is 0 Å². The lowest BCUT2D eigenvalue weighted by atomic mass is 9.93. The van der Waals surface area contributed by atoms with Crippen LogP contribution < -0.4 is 46.1 Å². The van der Waals surface area contributed by atoms with Crippen LogP contribution >= 0.6 is 0 Å². The minimum atomic E-state index is -0.667. The van der Waals surface area contributed by atoms with E-state index in [2.05, 4.69) is 58.2 Å². The van der Waals surface area contributed by atoms with Crippen LogP contribution in [0, 0.1) is 0 Å². The molecule has 0 aromatic heterocycles. The molecule has 2 aromatic rings. The number of halogens is 2. The number of hydrogen-bond acceptors (Lipinski definition) is 4. The first kappa shape index (κ1) is 27.2. The third-order valence-electron chi connectivity index (χ3n) is 5.03. The van der Waals surface area contributed by atoms with Gasteiger partial charge in [-0.1, -0.05) is 48.6 Å². The van der Waals surface area contributed by atoms with Crippen molar-refractivity contribution in [1.82, 2.24) is 5.32 Å². The number of fused-ring (bicyclic) bond motifs is 1. The van der Waals surface area contributed by atoms with Gasteiger partial charge in [-0.2, -0.15) is 0 Å². The summed E-state index contributed by atoms with van der Waals surface area (Å²) in [5, 5.41) is 5.38. The molecular weight excluding hydrogens is 447 g/mol. The zero-order valence-electron chi connectivity index (χ0n) is 18.3. The molecule has 2 amide bonds. The lowest BCUT2D eigenvalue weighted by Gasteiger charge is -2.26. The summed E-state index contributed by atoms with van der Waals surface area (Å²) in [6.45, 7) is 3.20. The minimum absolute atomic E-state index is 0. The van der Waals surface area contributed by atoms with Gasteiger partial charge >= 0.3 is 0 Å².